The fraction of sp³-hybridized carbons (Fsp3) is 0.200. The third-order valence-corrected chi connectivity index (χ3v) is 2.32. The summed E-state index contributed by atoms with van der Waals surface area (Å²) in [6, 6.07) is 8.90. The highest BCUT2D eigenvalue weighted by Gasteiger charge is 2.09. The van der Waals surface area contributed by atoms with Gasteiger partial charge in [0.25, 0.3) is 5.91 Å². The average molecular weight is 254 g/mol. The highest BCUT2D eigenvalue weighted by molar-refractivity contribution is 5.95. The van der Waals surface area contributed by atoms with Gasteiger partial charge in [-0.1, -0.05) is 30.0 Å². The van der Waals surface area contributed by atoms with Crippen LogP contribution in [0.5, 0.6) is 0 Å². The predicted octanol–water partition coefficient (Wildman–Crippen LogP) is 1.69. The molecule has 1 aromatic heterocycles. The first-order chi connectivity index (χ1) is 8.96. The van der Waals surface area contributed by atoms with Gasteiger partial charge in [0.15, 0.2) is 0 Å². The Bertz CT molecular complexity index is 640. The van der Waals surface area contributed by atoms with Gasteiger partial charge in [-0.15, -0.1) is 0 Å². The summed E-state index contributed by atoms with van der Waals surface area (Å²) < 4.78 is 1.24. The third kappa shape index (κ3) is 3.54. The first-order valence-corrected chi connectivity index (χ1v) is 5.86. The zero-order valence-electron chi connectivity index (χ0n) is 10.8. The molecule has 0 saturated heterocycles. The number of carbonyl (C=O) groups is 1. The molecule has 96 valence electrons. The van der Waals surface area contributed by atoms with Gasteiger partial charge in [0.2, 0.25) is 0 Å². The first-order valence-electron chi connectivity index (χ1n) is 5.86. The van der Waals surface area contributed by atoms with Crippen molar-refractivity contribution in [3.05, 3.63) is 53.9 Å². The Labute approximate surface area is 111 Å². The van der Waals surface area contributed by atoms with Crippen LogP contribution in [0.3, 0.4) is 0 Å². The monoisotopic (exact) mass is 254 g/mol. The highest BCUT2D eigenvalue weighted by atomic mass is 16.3. The van der Waals surface area contributed by atoms with E-state index >= 15 is 0 Å². The standard InChI is InChI=1S/C15H14N2O2/c1-15(2,19)9-8-12-10-16-17(11-12)14(18)13-6-4-3-5-7-13/h3-7,10-11,19H,1-2H3. The Hall–Kier alpha value is -2.38. The second-order valence-corrected chi connectivity index (χ2v) is 4.65. The lowest BCUT2D eigenvalue weighted by atomic mass is 10.1. The van der Waals surface area contributed by atoms with E-state index in [9.17, 15) is 9.90 Å². The van der Waals surface area contributed by atoms with E-state index in [1.165, 1.54) is 10.9 Å². The lowest BCUT2D eigenvalue weighted by Gasteiger charge is -2.05. The van der Waals surface area contributed by atoms with E-state index in [0.29, 0.717) is 11.1 Å². The van der Waals surface area contributed by atoms with Gasteiger partial charge in [-0.25, -0.2) is 4.68 Å². The van der Waals surface area contributed by atoms with Crippen LogP contribution in [0.15, 0.2) is 42.7 Å². The van der Waals surface area contributed by atoms with Crippen molar-refractivity contribution in [2.75, 3.05) is 0 Å². The maximum Gasteiger partial charge on any atom is 0.278 e. The maximum absolute atomic E-state index is 12.1. The molecular formula is C15H14N2O2. The van der Waals surface area contributed by atoms with Gasteiger partial charge in [0, 0.05) is 11.8 Å². The number of nitrogens with zero attached hydrogens (tertiary/aromatic N) is 2. The number of hydrogen-bond acceptors (Lipinski definition) is 3. The summed E-state index contributed by atoms with van der Waals surface area (Å²) in [6.07, 6.45) is 3.05. The summed E-state index contributed by atoms with van der Waals surface area (Å²) in [5, 5.41) is 13.5. The van der Waals surface area contributed by atoms with Crippen LogP contribution in [0.4, 0.5) is 0 Å². The van der Waals surface area contributed by atoms with Gasteiger partial charge in [0.05, 0.1) is 11.8 Å². The number of carbonyl (C=O) groups excluding carboxylic acids is 1. The molecule has 0 bridgehead atoms. The lowest BCUT2D eigenvalue weighted by molar-refractivity contribution is 0.0945. The molecule has 0 fully saturated rings. The molecule has 1 aromatic carbocycles. The average Bonchev–Trinajstić information content (AvgIpc) is 2.84. The summed E-state index contributed by atoms with van der Waals surface area (Å²) in [6.45, 7) is 3.19. The molecule has 2 aromatic rings. The Morgan fingerprint density at radius 1 is 1.32 bits per heavy atom. The smallest absolute Gasteiger partial charge is 0.278 e. The van der Waals surface area contributed by atoms with E-state index in [2.05, 4.69) is 16.9 Å². The highest BCUT2D eigenvalue weighted by Crippen LogP contribution is 2.04. The molecule has 1 N–H and O–H groups in total. The number of aromatic nitrogens is 2. The maximum atomic E-state index is 12.1. The van der Waals surface area contributed by atoms with E-state index in [1.54, 1.807) is 44.3 Å². The second kappa shape index (κ2) is 5.09. The molecule has 0 aliphatic heterocycles. The summed E-state index contributed by atoms with van der Waals surface area (Å²) in [5.41, 5.74) is 0.0879. The van der Waals surface area contributed by atoms with E-state index in [-0.39, 0.29) is 5.91 Å². The van der Waals surface area contributed by atoms with Crippen LogP contribution in [-0.4, -0.2) is 26.4 Å². The van der Waals surface area contributed by atoms with E-state index < -0.39 is 5.60 Å². The minimum absolute atomic E-state index is 0.211. The number of aliphatic hydroxyl groups is 1. The molecule has 1 heterocycles. The summed E-state index contributed by atoms with van der Waals surface area (Å²) in [4.78, 5) is 12.1. The fourth-order valence-corrected chi connectivity index (χ4v) is 1.44. The molecule has 0 amide bonds. The van der Waals surface area contributed by atoms with Crippen LogP contribution in [-0.2, 0) is 0 Å². The summed E-state index contributed by atoms with van der Waals surface area (Å²) in [5.74, 6) is 5.24. The Balaban J connectivity index is 2.22. The molecule has 2 rings (SSSR count). The minimum atomic E-state index is -1.06. The van der Waals surface area contributed by atoms with E-state index in [0.717, 1.165) is 0 Å². The normalized spacial score (nSPS) is 10.7. The Kier molecular flexibility index (Phi) is 3.50. The summed E-state index contributed by atoms with van der Waals surface area (Å²) in [7, 11) is 0. The van der Waals surface area contributed by atoms with Crippen LogP contribution in [0.2, 0.25) is 0 Å². The largest absolute Gasteiger partial charge is 0.378 e. The van der Waals surface area contributed by atoms with Crippen molar-refractivity contribution in [3.63, 3.8) is 0 Å². The van der Waals surface area contributed by atoms with E-state index in [4.69, 9.17) is 0 Å². The first kappa shape index (κ1) is 13.1. The van der Waals surface area contributed by atoms with Gasteiger partial charge in [-0.2, -0.15) is 5.10 Å². The van der Waals surface area contributed by atoms with Crippen molar-refractivity contribution in [3.8, 4) is 11.8 Å². The number of rotatable bonds is 1. The molecule has 0 spiro atoms. The lowest BCUT2D eigenvalue weighted by Crippen LogP contribution is -2.14. The van der Waals surface area contributed by atoms with Crippen molar-refractivity contribution in [1.29, 1.82) is 0 Å². The third-order valence-electron chi connectivity index (χ3n) is 2.32. The molecular weight excluding hydrogens is 240 g/mol. The number of benzene rings is 1. The zero-order chi connectivity index (χ0) is 13.9. The van der Waals surface area contributed by atoms with E-state index in [1.807, 2.05) is 6.07 Å². The quantitative estimate of drug-likeness (QED) is 0.788. The van der Waals surface area contributed by atoms with Crippen molar-refractivity contribution in [1.82, 2.24) is 9.78 Å². The van der Waals surface area contributed by atoms with Crippen LogP contribution in [0.1, 0.15) is 29.8 Å². The van der Waals surface area contributed by atoms with Crippen LogP contribution >= 0.6 is 0 Å². The Morgan fingerprint density at radius 2 is 2.00 bits per heavy atom. The zero-order valence-corrected chi connectivity index (χ0v) is 10.8. The predicted molar refractivity (Wildman–Crippen MR) is 71.6 cm³/mol. The van der Waals surface area contributed by atoms with Gasteiger partial charge in [0.1, 0.15) is 5.60 Å². The summed E-state index contributed by atoms with van der Waals surface area (Å²) >= 11 is 0. The molecule has 0 radical (unpaired) electrons. The molecule has 0 aliphatic rings. The van der Waals surface area contributed by atoms with Gasteiger partial charge in [-0.3, -0.25) is 4.79 Å². The topological polar surface area (TPSA) is 55.1 Å². The molecule has 0 aliphatic carbocycles. The second-order valence-electron chi connectivity index (χ2n) is 4.65. The molecule has 0 atom stereocenters. The van der Waals surface area contributed by atoms with Crippen molar-refractivity contribution < 1.29 is 9.90 Å². The molecule has 0 unspecified atom stereocenters. The Morgan fingerprint density at radius 3 is 2.63 bits per heavy atom. The SMILES string of the molecule is CC(C)(O)C#Cc1cnn(C(=O)c2ccccc2)c1. The fourth-order valence-electron chi connectivity index (χ4n) is 1.44. The molecule has 4 nitrogen and oxygen atoms in total. The number of hydrogen-bond donors (Lipinski definition) is 1. The van der Waals surface area contributed by atoms with Crippen molar-refractivity contribution >= 4 is 5.91 Å². The molecule has 0 saturated carbocycles. The molecule has 19 heavy (non-hydrogen) atoms. The van der Waals surface area contributed by atoms with Crippen LogP contribution < -0.4 is 0 Å². The van der Waals surface area contributed by atoms with Crippen LogP contribution in [0, 0.1) is 11.8 Å². The van der Waals surface area contributed by atoms with Gasteiger partial charge < -0.3 is 5.11 Å². The van der Waals surface area contributed by atoms with Crippen LogP contribution in [0.25, 0.3) is 0 Å². The minimum Gasteiger partial charge on any atom is -0.378 e. The van der Waals surface area contributed by atoms with Gasteiger partial charge >= 0.3 is 0 Å². The van der Waals surface area contributed by atoms with Gasteiger partial charge in [-0.05, 0) is 26.0 Å². The molecule has 4 heteroatoms. The van der Waals surface area contributed by atoms with Crippen molar-refractivity contribution in [2.45, 2.75) is 19.4 Å². The van der Waals surface area contributed by atoms with Crippen molar-refractivity contribution in [2.24, 2.45) is 0 Å².